The molecule has 0 bridgehead atoms. The highest BCUT2D eigenvalue weighted by atomic mass is 16.5. The zero-order chi connectivity index (χ0) is 17.1. The highest BCUT2D eigenvalue weighted by Crippen LogP contribution is 2.33. The Morgan fingerprint density at radius 2 is 2.04 bits per heavy atom. The van der Waals surface area contributed by atoms with E-state index in [0.29, 0.717) is 5.69 Å². The molecule has 1 N–H and O–H groups in total. The van der Waals surface area contributed by atoms with Crippen molar-refractivity contribution in [3.63, 3.8) is 0 Å². The van der Waals surface area contributed by atoms with Gasteiger partial charge in [-0.2, -0.15) is 0 Å². The summed E-state index contributed by atoms with van der Waals surface area (Å²) in [6.07, 6.45) is 3.18. The van der Waals surface area contributed by atoms with Crippen LogP contribution >= 0.6 is 0 Å². The van der Waals surface area contributed by atoms with Crippen molar-refractivity contribution in [2.24, 2.45) is 0 Å². The predicted molar refractivity (Wildman–Crippen MR) is 94.1 cm³/mol. The number of hydrogen-bond acceptors (Lipinski definition) is 3. The molecule has 24 heavy (non-hydrogen) atoms. The van der Waals surface area contributed by atoms with Crippen molar-refractivity contribution in [3.05, 3.63) is 47.3 Å². The van der Waals surface area contributed by atoms with E-state index in [0.717, 1.165) is 37.3 Å². The van der Waals surface area contributed by atoms with E-state index in [-0.39, 0.29) is 18.0 Å². The fourth-order valence-corrected chi connectivity index (χ4v) is 3.31. The Bertz CT molecular complexity index is 694. The lowest BCUT2D eigenvalue weighted by Crippen LogP contribution is -2.41. The maximum atomic E-state index is 12.9. The number of aromatic nitrogens is 1. The molecule has 3 rings (SSSR count). The van der Waals surface area contributed by atoms with Crippen LogP contribution in [0.4, 0.5) is 10.5 Å². The minimum absolute atomic E-state index is 0.0725. The van der Waals surface area contributed by atoms with Crippen LogP contribution in [0.5, 0.6) is 0 Å². The molecule has 0 spiro atoms. The molecule has 1 aliphatic rings. The number of urea groups is 1. The standard InChI is InChI=1S/C19H25N3O2/c1-13(2)18-17(14(3)21-24-18)20-19(23)22-12-8-7-11-16(22)15-9-5-4-6-10-15/h4-6,9-10,13,16H,7-8,11-12H2,1-3H3,(H,20,23). The highest BCUT2D eigenvalue weighted by molar-refractivity contribution is 5.91. The Morgan fingerprint density at radius 1 is 1.29 bits per heavy atom. The lowest BCUT2D eigenvalue weighted by molar-refractivity contribution is 0.163. The van der Waals surface area contributed by atoms with Gasteiger partial charge in [0, 0.05) is 12.5 Å². The van der Waals surface area contributed by atoms with Gasteiger partial charge in [-0.15, -0.1) is 0 Å². The van der Waals surface area contributed by atoms with Crippen molar-refractivity contribution in [3.8, 4) is 0 Å². The lowest BCUT2D eigenvalue weighted by Gasteiger charge is -2.36. The van der Waals surface area contributed by atoms with Crippen molar-refractivity contribution in [2.45, 2.75) is 52.0 Å². The molecule has 0 radical (unpaired) electrons. The van der Waals surface area contributed by atoms with Gasteiger partial charge in [0.15, 0.2) is 5.76 Å². The molecule has 5 nitrogen and oxygen atoms in total. The summed E-state index contributed by atoms with van der Waals surface area (Å²) in [6.45, 7) is 6.69. The first-order valence-corrected chi connectivity index (χ1v) is 8.66. The van der Waals surface area contributed by atoms with E-state index in [2.05, 4.69) is 22.6 Å². The second-order valence-electron chi connectivity index (χ2n) is 6.71. The van der Waals surface area contributed by atoms with Crippen molar-refractivity contribution < 1.29 is 9.32 Å². The molecule has 2 heterocycles. The fraction of sp³-hybridized carbons (Fsp3) is 0.474. The molecule has 1 aliphatic heterocycles. The SMILES string of the molecule is Cc1noc(C(C)C)c1NC(=O)N1CCCCC1c1ccccc1. The van der Waals surface area contributed by atoms with E-state index in [1.54, 1.807) is 0 Å². The fourth-order valence-electron chi connectivity index (χ4n) is 3.31. The highest BCUT2D eigenvalue weighted by Gasteiger charge is 2.29. The molecular weight excluding hydrogens is 302 g/mol. The van der Waals surface area contributed by atoms with Gasteiger partial charge in [-0.05, 0) is 31.7 Å². The number of amides is 2. The van der Waals surface area contributed by atoms with Crippen LogP contribution < -0.4 is 5.32 Å². The Kier molecular flexibility index (Phi) is 4.88. The van der Waals surface area contributed by atoms with E-state index in [9.17, 15) is 4.79 Å². The zero-order valence-electron chi connectivity index (χ0n) is 14.6. The minimum atomic E-state index is -0.0725. The smallest absolute Gasteiger partial charge is 0.322 e. The van der Waals surface area contributed by atoms with Crippen LogP contribution in [0, 0.1) is 6.92 Å². The molecule has 2 amide bonds. The van der Waals surface area contributed by atoms with Gasteiger partial charge < -0.3 is 14.7 Å². The summed E-state index contributed by atoms with van der Waals surface area (Å²) in [6, 6.07) is 10.3. The van der Waals surface area contributed by atoms with Gasteiger partial charge in [-0.3, -0.25) is 0 Å². The number of aryl methyl sites for hydroxylation is 1. The third kappa shape index (κ3) is 3.30. The maximum absolute atomic E-state index is 12.9. The van der Waals surface area contributed by atoms with Gasteiger partial charge in [0.1, 0.15) is 11.4 Å². The van der Waals surface area contributed by atoms with Crippen molar-refractivity contribution in [1.29, 1.82) is 0 Å². The van der Waals surface area contributed by atoms with Crippen LogP contribution in [0.15, 0.2) is 34.9 Å². The number of nitrogens with zero attached hydrogens (tertiary/aromatic N) is 2. The molecule has 2 aromatic rings. The average Bonchev–Trinajstić information content (AvgIpc) is 2.96. The molecule has 1 unspecified atom stereocenters. The van der Waals surface area contributed by atoms with E-state index in [1.165, 1.54) is 5.56 Å². The molecule has 5 heteroatoms. The first-order valence-electron chi connectivity index (χ1n) is 8.66. The molecule has 1 aromatic carbocycles. The Hall–Kier alpha value is -2.30. The topological polar surface area (TPSA) is 58.4 Å². The van der Waals surface area contributed by atoms with Crippen LogP contribution in [-0.4, -0.2) is 22.6 Å². The van der Waals surface area contributed by atoms with Crippen LogP contribution in [0.1, 0.15) is 62.1 Å². The molecule has 1 aromatic heterocycles. The number of likely N-dealkylation sites (tertiary alicyclic amines) is 1. The number of carbonyl (C=O) groups excluding carboxylic acids is 1. The molecule has 128 valence electrons. The third-order valence-corrected chi connectivity index (χ3v) is 4.59. The quantitative estimate of drug-likeness (QED) is 0.875. The van der Waals surface area contributed by atoms with E-state index >= 15 is 0 Å². The lowest BCUT2D eigenvalue weighted by atomic mass is 9.95. The summed E-state index contributed by atoms with van der Waals surface area (Å²) < 4.78 is 5.37. The third-order valence-electron chi connectivity index (χ3n) is 4.59. The van der Waals surface area contributed by atoms with E-state index in [4.69, 9.17) is 4.52 Å². The molecule has 0 aliphatic carbocycles. The van der Waals surface area contributed by atoms with E-state index in [1.807, 2.05) is 43.9 Å². The van der Waals surface area contributed by atoms with Gasteiger partial charge in [-0.1, -0.05) is 49.3 Å². The van der Waals surface area contributed by atoms with Crippen molar-refractivity contribution in [1.82, 2.24) is 10.1 Å². The van der Waals surface area contributed by atoms with Gasteiger partial charge in [0.2, 0.25) is 0 Å². The zero-order valence-corrected chi connectivity index (χ0v) is 14.6. The first-order chi connectivity index (χ1) is 11.6. The number of anilines is 1. The minimum Gasteiger partial charge on any atom is -0.359 e. The van der Waals surface area contributed by atoms with E-state index < -0.39 is 0 Å². The monoisotopic (exact) mass is 327 g/mol. The van der Waals surface area contributed by atoms with Crippen molar-refractivity contribution >= 4 is 11.7 Å². The second kappa shape index (κ2) is 7.07. The summed E-state index contributed by atoms with van der Waals surface area (Å²) in [5.74, 6) is 0.905. The van der Waals surface area contributed by atoms with Crippen LogP contribution in [0.2, 0.25) is 0 Å². The normalized spacial score (nSPS) is 18.0. The van der Waals surface area contributed by atoms with Gasteiger partial charge in [0.25, 0.3) is 0 Å². The summed E-state index contributed by atoms with van der Waals surface area (Å²) in [4.78, 5) is 14.9. The van der Waals surface area contributed by atoms with Gasteiger partial charge >= 0.3 is 6.03 Å². The summed E-state index contributed by atoms with van der Waals surface area (Å²) in [5, 5.41) is 7.05. The number of benzene rings is 1. The van der Waals surface area contributed by atoms with Gasteiger partial charge in [-0.25, -0.2) is 4.79 Å². The largest absolute Gasteiger partial charge is 0.359 e. The Labute approximate surface area is 143 Å². The Morgan fingerprint density at radius 3 is 2.75 bits per heavy atom. The molecular formula is C19H25N3O2. The molecule has 0 saturated carbocycles. The van der Waals surface area contributed by atoms with Crippen LogP contribution in [0.25, 0.3) is 0 Å². The summed E-state index contributed by atoms with van der Waals surface area (Å²) in [5.41, 5.74) is 2.63. The van der Waals surface area contributed by atoms with Crippen LogP contribution in [-0.2, 0) is 0 Å². The number of piperidine rings is 1. The summed E-state index contributed by atoms with van der Waals surface area (Å²) in [7, 11) is 0. The maximum Gasteiger partial charge on any atom is 0.322 e. The Balaban J connectivity index is 1.82. The van der Waals surface area contributed by atoms with Crippen LogP contribution in [0.3, 0.4) is 0 Å². The molecule has 1 saturated heterocycles. The predicted octanol–water partition coefficient (Wildman–Crippen LogP) is 4.87. The number of hydrogen-bond donors (Lipinski definition) is 1. The molecule has 1 fully saturated rings. The average molecular weight is 327 g/mol. The number of carbonyl (C=O) groups is 1. The van der Waals surface area contributed by atoms with Gasteiger partial charge in [0.05, 0.1) is 6.04 Å². The first kappa shape index (κ1) is 16.6. The second-order valence-corrected chi connectivity index (χ2v) is 6.71. The number of rotatable bonds is 3. The number of nitrogens with one attached hydrogen (secondary N) is 1. The summed E-state index contributed by atoms with van der Waals surface area (Å²) >= 11 is 0. The molecule has 1 atom stereocenters. The van der Waals surface area contributed by atoms with Crippen molar-refractivity contribution in [2.75, 3.05) is 11.9 Å².